The van der Waals surface area contributed by atoms with E-state index >= 15 is 0 Å². The number of anilines is 2. The molecule has 0 spiro atoms. The highest BCUT2D eigenvalue weighted by molar-refractivity contribution is 6.09. The van der Waals surface area contributed by atoms with Gasteiger partial charge in [0, 0.05) is 11.9 Å². The molecule has 0 saturated heterocycles. The van der Waals surface area contributed by atoms with Gasteiger partial charge in [-0.25, -0.2) is 9.78 Å². The van der Waals surface area contributed by atoms with Crippen molar-refractivity contribution >= 4 is 23.4 Å². The molecule has 2 N–H and O–H groups in total. The van der Waals surface area contributed by atoms with Gasteiger partial charge in [-0.2, -0.15) is 5.26 Å². The highest BCUT2D eigenvalue weighted by Gasteiger charge is 2.16. The highest BCUT2D eigenvalue weighted by Crippen LogP contribution is 2.17. The van der Waals surface area contributed by atoms with Crippen molar-refractivity contribution < 1.29 is 14.3 Å². The highest BCUT2D eigenvalue weighted by atomic mass is 16.5. The van der Waals surface area contributed by atoms with E-state index in [0.29, 0.717) is 12.4 Å². The Kier molecular flexibility index (Phi) is 7.73. The summed E-state index contributed by atoms with van der Waals surface area (Å²) in [5, 5.41) is 14.7. The number of hydrogen-bond acceptors (Lipinski definition) is 6. The van der Waals surface area contributed by atoms with Gasteiger partial charge >= 0.3 is 5.97 Å². The molecule has 144 valence electrons. The van der Waals surface area contributed by atoms with Crippen LogP contribution in [0.4, 0.5) is 11.5 Å². The van der Waals surface area contributed by atoms with Gasteiger partial charge in [-0.05, 0) is 37.6 Å². The first-order chi connectivity index (χ1) is 13.5. The first-order valence-electron chi connectivity index (χ1n) is 8.93. The van der Waals surface area contributed by atoms with E-state index < -0.39 is 11.9 Å². The van der Waals surface area contributed by atoms with Gasteiger partial charge in [0.1, 0.15) is 17.5 Å². The molecule has 0 bridgehead atoms. The first kappa shape index (κ1) is 20.6. The summed E-state index contributed by atoms with van der Waals surface area (Å²) in [5.41, 5.74) is 1.16. The number of aromatic nitrogens is 1. The number of amides is 1. The lowest BCUT2D eigenvalue weighted by Crippen LogP contribution is -2.18. The third-order valence-corrected chi connectivity index (χ3v) is 3.74. The molecule has 0 aliphatic rings. The van der Waals surface area contributed by atoms with Crippen molar-refractivity contribution in [2.75, 3.05) is 17.2 Å². The van der Waals surface area contributed by atoms with Crippen LogP contribution in [0, 0.1) is 18.3 Å². The van der Waals surface area contributed by atoms with Crippen LogP contribution in [-0.4, -0.2) is 23.5 Å². The van der Waals surface area contributed by atoms with Gasteiger partial charge in [0.25, 0.3) is 5.91 Å². The Morgan fingerprint density at radius 3 is 2.71 bits per heavy atom. The minimum Gasteiger partial charge on any atom is -0.462 e. The van der Waals surface area contributed by atoms with E-state index in [1.165, 1.54) is 6.20 Å². The van der Waals surface area contributed by atoms with Gasteiger partial charge < -0.3 is 15.4 Å². The number of pyridine rings is 1. The van der Waals surface area contributed by atoms with Crippen molar-refractivity contribution in [2.45, 2.75) is 26.7 Å². The van der Waals surface area contributed by atoms with Crippen LogP contribution in [-0.2, 0) is 9.53 Å². The molecule has 0 fully saturated rings. The fraction of sp³-hybridized carbons (Fsp3) is 0.238. The molecule has 1 aromatic heterocycles. The molecule has 7 nitrogen and oxygen atoms in total. The minimum absolute atomic E-state index is 0.155. The van der Waals surface area contributed by atoms with Crippen LogP contribution in [0.2, 0.25) is 0 Å². The van der Waals surface area contributed by atoms with Crippen molar-refractivity contribution in [2.24, 2.45) is 0 Å². The first-order valence-corrected chi connectivity index (χ1v) is 8.93. The van der Waals surface area contributed by atoms with E-state index in [1.807, 2.05) is 32.0 Å². The molecule has 1 heterocycles. The van der Waals surface area contributed by atoms with Crippen molar-refractivity contribution in [3.8, 4) is 6.07 Å². The van der Waals surface area contributed by atoms with E-state index in [0.717, 1.165) is 18.5 Å². The summed E-state index contributed by atoms with van der Waals surface area (Å²) in [6, 6.07) is 13.7. The number of aryl methyl sites for hydroxylation is 1. The van der Waals surface area contributed by atoms with Crippen LogP contribution in [0.3, 0.4) is 0 Å². The topological polar surface area (TPSA) is 104 Å². The lowest BCUT2D eigenvalue weighted by molar-refractivity contribution is -0.112. The quantitative estimate of drug-likeness (QED) is 0.313. The summed E-state index contributed by atoms with van der Waals surface area (Å²) in [5.74, 6) is -0.647. The Morgan fingerprint density at radius 2 is 2.00 bits per heavy atom. The average Bonchev–Trinajstić information content (AvgIpc) is 2.69. The smallest absolute Gasteiger partial charge is 0.340 e. The predicted octanol–water partition coefficient (Wildman–Crippen LogP) is 3.81. The Bertz CT molecular complexity index is 916. The monoisotopic (exact) mass is 378 g/mol. The van der Waals surface area contributed by atoms with Crippen LogP contribution < -0.4 is 10.6 Å². The van der Waals surface area contributed by atoms with Crippen molar-refractivity contribution in [3.63, 3.8) is 0 Å². The fourth-order valence-corrected chi connectivity index (χ4v) is 2.26. The largest absolute Gasteiger partial charge is 0.462 e. The number of carbonyl (C=O) groups excluding carboxylic acids is 2. The van der Waals surface area contributed by atoms with Gasteiger partial charge in [-0.3, -0.25) is 4.79 Å². The van der Waals surface area contributed by atoms with Crippen LogP contribution in [0.5, 0.6) is 0 Å². The van der Waals surface area contributed by atoms with Crippen LogP contribution in [0.25, 0.3) is 0 Å². The van der Waals surface area contributed by atoms with Crippen molar-refractivity contribution in [1.82, 2.24) is 4.98 Å². The van der Waals surface area contributed by atoms with Crippen LogP contribution in [0.1, 0.15) is 35.8 Å². The van der Waals surface area contributed by atoms with Gasteiger partial charge in [0.2, 0.25) is 0 Å². The van der Waals surface area contributed by atoms with Gasteiger partial charge in [0.15, 0.2) is 0 Å². The number of para-hydroxylation sites is 1. The van der Waals surface area contributed by atoms with Crippen molar-refractivity contribution in [1.29, 1.82) is 5.26 Å². The average molecular weight is 378 g/mol. The zero-order valence-corrected chi connectivity index (χ0v) is 15.9. The molecule has 28 heavy (non-hydrogen) atoms. The summed E-state index contributed by atoms with van der Waals surface area (Å²) >= 11 is 0. The molecule has 1 amide bonds. The molecule has 0 aliphatic carbocycles. The summed E-state index contributed by atoms with van der Waals surface area (Å²) < 4.78 is 5.20. The van der Waals surface area contributed by atoms with E-state index in [2.05, 4.69) is 15.6 Å². The molecule has 0 aliphatic heterocycles. The fourth-order valence-electron chi connectivity index (χ4n) is 2.26. The Labute approximate surface area is 164 Å². The molecule has 2 rings (SSSR count). The second-order valence-electron chi connectivity index (χ2n) is 5.97. The number of hydrogen-bond donors (Lipinski definition) is 2. The summed E-state index contributed by atoms with van der Waals surface area (Å²) in [7, 11) is 0. The number of nitriles is 1. The van der Waals surface area contributed by atoms with Gasteiger partial charge in [-0.15, -0.1) is 0 Å². The zero-order chi connectivity index (χ0) is 20.4. The standard InChI is InChI=1S/C21H22N4O3/c1-3-4-12-28-21(27)17-9-5-6-10-18(17)25-20(26)16(13-22)14-23-19-11-7-8-15(2)24-19/h5-11,14H,3-4,12H2,1-2H3,(H,23,24)(H,25,26)/b16-14-. The minimum atomic E-state index is -0.642. The maximum Gasteiger partial charge on any atom is 0.340 e. The molecule has 0 saturated carbocycles. The van der Waals surface area contributed by atoms with Gasteiger partial charge in [0.05, 0.1) is 17.9 Å². The maximum absolute atomic E-state index is 12.5. The summed E-state index contributed by atoms with van der Waals surface area (Å²) in [6.07, 6.45) is 2.95. The van der Waals surface area contributed by atoms with Crippen molar-refractivity contribution in [3.05, 3.63) is 65.5 Å². The maximum atomic E-state index is 12.5. The second kappa shape index (κ2) is 10.5. The lowest BCUT2D eigenvalue weighted by Gasteiger charge is -2.10. The molecular weight excluding hydrogens is 356 g/mol. The molecule has 7 heteroatoms. The number of nitrogens with one attached hydrogen (secondary N) is 2. The Balaban J connectivity index is 2.11. The Hall–Kier alpha value is -3.66. The van der Waals surface area contributed by atoms with Gasteiger partial charge in [-0.1, -0.05) is 31.5 Å². The summed E-state index contributed by atoms with van der Waals surface area (Å²) in [6.45, 7) is 4.15. The number of rotatable bonds is 8. The number of benzene rings is 1. The normalized spacial score (nSPS) is 10.7. The number of carbonyl (C=O) groups is 2. The van der Waals surface area contributed by atoms with E-state index in [1.54, 1.807) is 30.3 Å². The van der Waals surface area contributed by atoms with E-state index in [-0.39, 0.29) is 16.8 Å². The van der Waals surface area contributed by atoms with Crippen LogP contribution in [0.15, 0.2) is 54.2 Å². The third kappa shape index (κ3) is 5.95. The lowest BCUT2D eigenvalue weighted by atomic mass is 10.1. The van der Waals surface area contributed by atoms with E-state index in [9.17, 15) is 14.9 Å². The predicted molar refractivity (Wildman–Crippen MR) is 107 cm³/mol. The Morgan fingerprint density at radius 1 is 1.21 bits per heavy atom. The molecule has 1 aromatic carbocycles. The molecule has 0 radical (unpaired) electrons. The number of esters is 1. The zero-order valence-electron chi connectivity index (χ0n) is 15.9. The number of unbranched alkanes of at least 4 members (excludes halogenated alkanes) is 1. The molecule has 0 unspecified atom stereocenters. The van der Waals surface area contributed by atoms with Crippen LogP contribution >= 0.6 is 0 Å². The second-order valence-corrected chi connectivity index (χ2v) is 5.97. The third-order valence-electron chi connectivity index (χ3n) is 3.74. The number of nitrogens with zero attached hydrogens (tertiary/aromatic N) is 2. The molecular formula is C21H22N4O3. The summed E-state index contributed by atoms with van der Waals surface area (Å²) in [4.78, 5) is 28.9. The molecule has 0 atom stereocenters. The SMILES string of the molecule is CCCCOC(=O)c1ccccc1NC(=O)/C(C#N)=C\Nc1cccc(C)n1. The van der Waals surface area contributed by atoms with E-state index in [4.69, 9.17) is 4.74 Å². The number of ether oxygens (including phenoxy) is 1. The molecule has 2 aromatic rings.